The van der Waals surface area contributed by atoms with E-state index in [0.717, 1.165) is 30.5 Å². The van der Waals surface area contributed by atoms with Crippen molar-refractivity contribution in [2.24, 2.45) is 5.92 Å². The summed E-state index contributed by atoms with van der Waals surface area (Å²) >= 11 is 6.21. The van der Waals surface area contributed by atoms with Gasteiger partial charge in [0.05, 0.1) is 17.7 Å². The Morgan fingerprint density at radius 1 is 1.06 bits per heavy atom. The molecule has 1 aliphatic heterocycles. The predicted octanol–water partition coefficient (Wildman–Crippen LogP) is 5.10. The Kier molecular flexibility index (Phi) is 7.73. The zero-order valence-electron chi connectivity index (χ0n) is 19.0. The van der Waals surface area contributed by atoms with Crippen LogP contribution in [0.1, 0.15) is 54.4 Å². The zero-order chi connectivity index (χ0) is 24.1. The van der Waals surface area contributed by atoms with Crippen molar-refractivity contribution in [3.63, 3.8) is 0 Å². The number of halogens is 1. The monoisotopic (exact) mass is 484 g/mol. The lowest BCUT2D eigenvalue weighted by molar-refractivity contribution is -0.143. The maximum Gasteiger partial charge on any atom is 0.321 e. The number of ether oxygens (including phenoxy) is 1. The number of carbonyl (C=O) groups excluding carboxylic acids is 2. The standard InChI is InChI=1S/C26H29ClN2O5/c27-22-3-1-4-23-21(22)14-16-29(23)26(33)28-15-2-5-24(30)17-6-10-19(11-7-17)34-20-12-8-18(9-13-20)25(31)32/h1,3-4,6-7,10-11,18,20H,2,5,8-9,12-16H2,(H,28,33)(H,31,32). The van der Waals surface area contributed by atoms with Crippen molar-refractivity contribution in [1.82, 2.24) is 5.32 Å². The van der Waals surface area contributed by atoms with E-state index in [1.54, 1.807) is 29.2 Å². The molecule has 8 heteroatoms. The molecule has 180 valence electrons. The van der Waals surface area contributed by atoms with Crippen molar-refractivity contribution in [2.75, 3.05) is 18.0 Å². The summed E-state index contributed by atoms with van der Waals surface area (Å²) in [5.41, 5.74) is 2.45. The van der Waals surface area contributed by atoms with Crippen LogP contribution in [0.15, 0.2) is 42.5 Å². The van der Waals surface area contributed by atoms with Gasteiger partial charge in [0, 0.05) is 30.1 Å². The van der Waals surface area contributed by atoms with Crippen molar-refractivity contribution in [1.29, 1.82) is 0 Å². The molecular weight excluding hydrogens is 456 g/mol. The van der Waals surface area contributed by atoms with Gasteiger partial charge in [0.2, 0.25) is 0 Å². The topological polar surface area (TPSA) is 95.9 Å². The summed E-state index contributed by atoms with van der Waals surface area (Å²) in [4.78, 5) is 37.8. The van der Waals surface area contributed by atoms with Crippen LogP contribution in [0.2, 0.25) is 5.02 Å². The second kappa shape index (κ2) is 10.9. The third-order valence-corrected chi connectivity index (χ3v) is 6.93. The molecule has 0 saturated heterocycles. The third kappa shape index (κ3) is 5.70. The Morgan fingerprint density at radius 2 is 1.79 bits per heavy atom. The molecule has 1 saturated carbocycles. The molecule has 0 bridgehead atoms. The Hall–Kier alpha value is -3.06. The predicted molar refractivity (Wildman–Crippen MR) is 130 cm³/mol. The number of urea groups is 1. The molecule has 0 radical (unpaired) electrons. The molecule has 1 heterocycles. The first kappa shape index (κ1) is 24.1. The molecule has 2 aromatic carbocycles. The number of carboxylic acid groups (broad SMARTS) is 1. The van der Waals surface area contributed by atoms with Gasteiger partial charge in [-0.3, -0.25) is 14.5 Å². The summed E-state index contributed by atoms with van der Waals surface area (Å²) < 4.78 is 5.96. The van der Waals surface area contributed by atoms with Gasteiger partial charge in [0.25, 0.3) is 0 Å². The van der Waals surface area contributed by atoms with Crippen LogP contribution in [0.3, 0.4) is 0 Å². The number of carboxylic acids is 1. The SMILES string of the molecule is O=C(CCCNC(=O)N1CCc2c(Cl)cccc21)c1ccc(OC2CCC(C(=O)O)CC2)cc1. The lowest BCUT2D eigenvalue weighted by atomic mass is 9.87. The van der Waals surface area contributed by atoms with Gasteiger partial charge >= 0.3 is 12.0 Å². The van der Waals surface area contributed by atoms with Gasteiger partial charge in [-0.05, 0) is 80.5 Å². The number of nitrogens with one attached hydrogen (secondary N) is 1. The van der Waals surface area contributed by atoms with Gasteiger partial charge in [-0.15, -0.1) is 0 Å². The molecule has 0 atom stereocenters. The van der Waals surface area contributed by atoms with Crippen LogP contribution < -0.4 is 15.0 Å². The third-order valence-electron chi connectivity index (χ3n) is 6.57. The number of hydrogen-bond donors (Lipinski definition) is 2. The average molecular weight is 485 g/mol. The van der Waals surface area contributed by atoms with Crippen molar-refractivity contribution in [3.05, 3.63) is 58.6 Å². The molecule has 7 nitrogen and oxygen atoms in total. The number of carbonyl (C=O) groups is 3. The highest BCUT2D eigenvalue weighted by molar-refractivity contribution is 6.32. The molecule has 2 aromatic rings. The molecule has 0 spiro atoms. The van der Waals surface area contributed by atoms with E-state index in [-0.39, 0.29) is 23.8 Å². The Labute approximate surface area is 204 Å². The summed E-state index contributed by atoms with van der Waals surface area (Å²) in [6, 6.07) is 12.5. The number of hydrogen-bond acceptors (Lipinski definition) is 4. The fourth-order valence-corrected chi connectivity index (χ4v) is 4.89. The van der Waals surface area contributed by atoms with Crippen molar-refractivity contribution in [3.8, 4) is 5.75 Å². The molecular formula is C26H29ClN2O5. The van der Waals surface area contributed by atoms with Gasteiger partial charge in [0.1, 0.15) is 5.75 Å². The minimum absolute atomic E-state index is 0.0133. The van der Waals surface area contributed by atoms with E-state index in [1.165, 1.54) is 0 Å². The van der Waals surface area contributed by atoms with Gasteiger partial charge in [0.15, 0.2) is 5.78 Å². The molecule has 0 unspecified atom stereocenters. The Bertz CT molecular complexity index is 1050. The number of Topliss-reactive ketones (excluding diaryl/α,β-unsaturated/α-hetero) is 1. The molecule has 2 amide bonds. The molecule has 34 heavy (non-hydrogen) atoms. The smallest absolute Gasteiger partial charge is 0.321 e. The van der Waals surface area contributed by atoms with Crippen LogP contribution in [0, 0.1) is 5.92 Å². The van der Waals surface area contributed by atoms with Crippen molar-refractivity contribution >= 4 is 35.1 Å². The fraction of sp³-hybridized carbons (Fsp3) is 0.423. The maximum atomic E-state index is 12.5. The summed E-state index contributed by atoms with van der Waals surface area (Å²) in [6.45, 7) is 1.01. The van der Waals surface area contributed by atoms with Crippen molar-refractivity contribution < 1.29 is 24.2 Å². The fourth-order valence-electron chi connectivity index (χ4n) is 4.63. The van der Waals surface area contributed by atoms with Crippen molar-refractivity contribution in [2.45, 2.75) is 51.0 Å². The lowest BCUT2D eigenvalue weighted by Gasteiger charge is -2.26. The first-order valence-corrected chi connectivity index (χ1v) is 12.2. The number of fused-ring (bicyclic) bond motifs is 1. The number of aliphatic carboxylic acids is 1. The molecule has 4 rings (SSSR count). The number of benzene rings is 2. The van der Waals surface area contributed by atoms with E-state index >= 15 is 0 Å². The van der Waals surface area contributed by atoms with E-state index in [9.17, 15) is 14.4 Å². The molecule has 1 aliphatic carbocycles. The van der Waals surface area contributed by atoms with Crippen LogP contribution in [0.25, 0.3) is 0 Å². The van der Waals surface area contributed by atoms with E-state index in [2.05, 4.69) is 5.32 Å². The number of amides is 2. The highest BCUT2D eigenvalue weighted by atomic mass is 35.5. The molecule has 0 aromatic heterocycles. The summed E-state index contributed by atoms with van der Waals surface area (Å²) in [6.07, 6.45) is 4.34. The number of rotatable bonds is 8. The zero-order valence-corrected chi connectivity index (χ0v) is 19.7. The second-order valence-electron chi connectivity index (χ2n) is 8.85. The molecule has 1 fully saturated rings. The first-order valence-electron chi connectivity index (χ1n) is 11.8. The second-order valence-corrected chi connectivity index (χ2v) is 9.26. The quantitative estimate of drug-likeness (QED) is 0.401. The van der Waals surface area contributed by atoms with Crippen LogP contribution in [0.5, 0.6) is 5.75 Å². The van der Waals surface area contributed by atoms with Gasteiger partial charge in [-0.2, -0.15) is 0 Å². The highest BCUT2D eigenvalue weighted by Crippen LogP contribution is 2.33. The van der Waals surface area contributed by atoms with Crippen LogP contribution >= 0.6 is 11.6 Å². The first-order chi connectivity index (χ1) is 16.4. The van der Waals surface area contributed by atoms with Crippen LogP contribution in [-0.4, -0.2) is 42.1 Å². The van der Waals surface area contributed by atoms with Gasteiger partial charge in [-0.1, -0.05) is 17.7 Å². The number of nitrogens with zero attached hydrogens (tertiary/aromatic N) is 1. The van der Waals surface area contributed by atoms with Crippen LogP contribution in [-0.2, 0) is 11.2 Å². The Morgan fingerprint density at radius 3 is 2.50 bits per heavy atom. The Balaban J connectivity index is 1.18. The van der Waals surface area contributed by atoms with E-state index in [0.29, 0.717) is 55.1 Å². The normalized spacial score (nSPS) is 19.4. The minimum Gasteiger partial charge on any atom is -0.490 e. The number of ketones is 1. The number of anilines is 1. The average Bonchev–Trinajstić information content (AvgIpc) is 3.28. The highest BCUT2D eigenvalue weighted by Gasteiger charge is 2.27. The van der Waals surface area contributed by atoms with Gasteiger partial charge in [-0.25, -0.2) is 4.79 Å². The van der Waals surface area contributed by atoms with E-state index < -0.39 is 5.97 Å². The van der Waals surface area contributed by atoms with E-state index in [4.69, 9.17) is 21.4 Å². The largest absolute Gasteiger partial charge is 0.490 e. The minimum atomic E-state index is -0.729. The summed E-state index contributed by atoms with van der Waals surface area (Å²) in [5.74, 6) is -0.295. The van der Waals surface area contributed by atoms with E-state index in [1.807, 2.05) is 18.2 Å². The van der Waals surface area contributed by atoms with Crippen LogP contribution in [0.4, 0.5) is 10.5 Å². The maximum absolute atomic E-state index is 12.5. The lowest BCUT2D eigenvalue weighted by Crippen LogP contribution is -2.39. The molecule has 2 N–H and O–H groups in total. The summed E-state index contributed by atoms with van der Waals surface area (Å²) in [7, 11) is 0. The van der Waals surface area contributed by atoms with Gasteiger partial charge < -0.3 is 15.2 Å². The molecule has 2 aliphatic rings. The summed E-state index contributed by atoms with van der Waals surface area (Å²) in [5, 5.41) is 12.7.